The molecule has 0 heterocycles. The number of aliphatic hydroxyl groups is 1. The summed E-state index contributed by atoms with van der Waals surface area (Å²) in [6.07, 6.45) is 3.56. The van der Waals surface area contributed by atoms with E-state index >= 15 is 0 Å². The minimum Gasteiger partial charge on any atom is -0.493 e. The van der Waals surface area contributed by atoms with Crippen LogP contribution in [0.3, 0.4) is 0 Å². The van der Waals surface area contributed by atoms with Gasteiger partial charge in [-0.3, -0.25) is 0 Å². The van der Waals surface area contributed by atoms with Gasteiger partial charge in [-0.15, -0.1) is 0 Å². The van der Waals surface area contributed by atoms with Gasteiger partial charge in [0.1, 0.15) is 5.75 Å². The summed E-state index contributed by atoms with van der Waals surface area (Å²) in [5.41, 5.74) is 0. The summed E-state index contributed by atoms with van der Waals surface area (Å²) in [7, 11) is 0. The van der Waals surface area contributed by atoms with E-state index in [9.17, 15) is 8.78 Å². The predicted octanol–water partition coefficient (Wildman–Crippen LogP) is 2.90. The van der Waals surface area contributed by atoms with Crippen LogP contribution in [0.25, 0.3) is 0 Å². The molecule has 0 aliphatic rings. The van der Waals surface area contributed by atoms with E-state index in [-0.39, 0.29) is 6.61 Å². The second kappa shape index (κ2) is 7.17. The van der Waals surface area contributed by atoms with Gasteiger partial charge < -0.3 is 9.84 Å². The molecule has 0 unspecified atom stereocenters. The first-order chi connectivity index (χ1) is 7.74. The van der Waals surface area contributed by atoms with Crippen molar-refractivity contribution in [2.45, 2.75) is 25.7 Å². The number of hydrogen-bond acceptors (Lipinski definition) is 2. The van der Waals surface area contributed by atoms with Crippen LogP contribution in [0.4, 0.5) is 8.78 Å². The highest BCUT2D eigenvalue weighted by molar-refractivity contribution is 5.23. The molecule has 0 atom stereocenters. The number of ether oxygens (including phenoxy) is 1. The van der Waals surface area contributed by atoms with E-state index in [2.05, 4.69) is 0 Å². The number of unbranched alkanes of at least 4 members (excludes halogenated alkanes) is 3. The fraction of sp³-hybridized carbons (Fsp3) is 0.500. The summed E-state index contributed by atoms with van der Waals surface area (Å²) in [5.74, 6) is -1.41. The van der Waals surface area contributed by atoms with Crippen molar-refractivity contribution in [3.63, 3.8) is 0 Å². The number of benzene rings is 1. The average molecular weight is 230 g/mol. The first-order valence-corrected chi connectivity index (χ1v) is 5.43. The summed E-state index contributed by atoms with van der Waals surface area (Å²) in [6.45, 7) is 0.695. The van der Waals surface area contributed by atoms with E-state index in [4.69, 9.17) is 9.84 Å². The van der Waals surface area contributed by atoms with Crippen LogP contribution in [0.5, 0.6) is 5.75 Å². The normalized spacial score (nSPS) is 10.4. The summed E-state index contributed by atoms with van der Waals surface area (Å²) < 4.78 is 30.6. The van der Waals surface area contributed by atoms with E-state index < -0.39 is 11.6 Å². The molecule has 1 N–H and O–H groups in total. The Morgan fingerprint density at radius 3 is 2.44 bits per heavy atom. The summed E-state index contributed by atoms with van der Waals surface area (Å²) in [4.78, 5) is 0. The standard InChI is InChI=1S/C12H16F2O2/c13-11-6-5-10(9-12(11)14)16-8-4-2-1-3-7-15/h5-6,9,15H,1-4,7-8H2. The molecule has 1 aromatic rings. The Kier molecular flexibility index (Phi) is 5.78. The number of aliphatic hydroxyl groups excluding tert-OH is 1. The average Bonchev–Trinajstić information content (AvgIpc) is 2.28. The molecule has 16 heavy (non-hydrogen) atoms. The van der Waals surface area contributed by atoms with E-state index in [0.29, 0.717) is 12.4 Å². The molecule has 0 aromatic heterocycles. The molecule has 0 saturated heterocycles. The van der Waals surface area contributed by atoms with Gasteiger partial charge in [-0.25, -0.2) is 8.78 Å². The van der Waals surface area contributed by atoms with Crippen LogP contribution in [-0.2, 0) is 0 Å². The van der Waals surface area contributed by atoms with Gasteiger partial charge in [0.2, 0.25) is 0 Å². The molecule has 0 aliphatic carbocycles. The van der Waals surface area contributed by atoms with Crippen LogP contribution in [0.15, 0.2) is 18.2 Å². The van der Waals surface area contributed by atoms with Crippen molar-refractivity contribution in [3.8, 4) is 5.75 Å². The summed E-state index contributed by atoms with van der Waals surface area (Å²) >= 11 is 0. The third kappa shape index (κ3) is 4.57. The van der Waals surface area contributed by atoms with Gasteiger partial charge in [-0.2, -0.15) is 0 Å². The lowest BCUT2D eigenvalue weighted by atomic mass is 10.2. The first kappa shape index (κ1) is 12.9. The monoisotopic (exact) mass is 230 g/mol. The van der Waals surface area contributed by atoms with Crippen LogP contribution < -0.4 is 4.74 Å². The molecule has 1 aromatic carbocycles. The lowest BCUT2D eigenvalue weighted by Gasteiger charge is -2.06. The van der Waals surface area contributed by atoms with Crippen LogP contribution in [0.2, 0.25) is 0 Å². The molecule has 90 valence electrons. The van der Waals surface area contributed by atoms with Crippen molar-refractivity contribution in [2.75, 3.05) is 13.2 Å². The number of hydrogen-bond donors (Lipinski definition) is 1. The predicted molar refractivity (Wildman–Crippen MR) is 57.4 cm³/mol. The van der Waals surface area contributed by atoms with E-state index in [1.807, 2.05) is 0 Å². The summed E-state index contributed by atoms with van der Waals surface area (Å²) in [6, 6.07) is 3.51. The van der Waals surface area contributed by atoms with Crippen molar-refractivity contribution in [1.29, 1.82) is 0 Å². The minimum absolute atomic E-state index is 0.212. The van der Waals surface area contributed by atoms with E-state index in [0.717, 1.165) is 37.8 Å². The Hall–Kier alpha value is -1.16. The van der Waals surface area contributed by atoms with Crippen LogP contribution in [0.1, 0.15) is 25.7 Å². The maximum absolute atomic E-state index is 12.8. The van der Waals surface area contributed by atoms with Crippen molar-refractivity contribution in [3.05, 3.63) is 29.8 Å². The zero-order valence-corrected chi connectivity index (χ0v) is 9.09. The Morgan fingerprint density at radius 2 is 1.75 bits per heavy atom. The first-order valence-electron chi connectivity index (χ1n) is 5.43. The lowest BCUT2D eigenvalue weighted by molar-refractivity contribution is 0.273. The molecular weight excluding hydrogens is 214 g/mol. The molecule has 0 aliphatic heterocycles. The van der Waals surface area contributed by atoms with Gasteiger partial charge in [0.25, 0.3) is 0 Å². The topological polar surface area (TPSA) is 29.5 Å². The fourth-order valence-electron chi connectivity index (χ4n) is 1.32. The van der Waals surface area contributed by atoms with Gasteiger partial charge >= 0.3 is 0 Å². The molecule has 0 saturated carbocycles. The molecule has 0 bridgehead atoms. The fourth-order valence-corrected chi connectivity index (χ4v) is 1.32. The molecule has 0 spiro atoms. The van der Waals surface area contributed by atoms with Gasteiger partial charge in [-0.05, 0) is 31.4 Å². The Balaban J connectivity index is 2.19. The second-order valence-corrected chi connectivity index (χ2v) is 3.56. The molecule has 1 rings (SSSR count). The highest BCUT2D eigenvalue weighted by Crippen LogP contribution is 2.15. The van der Waals surface area contributed by atoms with Crippen molar-refractivity contribution in [1.82, 2.24) is 0 Å². The molecule has 2 nitrogen and oxygen atoms in total. The smallest absolute Gasteiger partial charge is 0.162 e. The molecule has 4 heteroatoms. The zero-order valence-electron chi connectivity index (χ0n) is 9.09. The maximum Gasteiger partial charge on any atom is 0.162 e. The highest BCUT2D eigenvalue weighted by Gasteiger charge is 2.02. The quantitative estimate of drug-likeness (QED) is 0.730. The highest BCUT2D eigenvalue weighted by atomic mass is 19.2. The SMILES string of the molecule is OCCCCCCOc1ccc(F)c(F)c1. The van der Waals surface area contributed by atoms with Crippen LogP contribution in [-0.4, -0.2) is 18.3 Å². The van der Waals surface area contributed by atoms with Gasteiger partial charge in [-0.1, -0.05) is 6.42 Å². The Morgan fingerprint density at radius 1 is 1.00 bits per heavy atom. The zero-order chi connectivity index (χ0) is 11.8. The lowest BCUT2D eigenvalue weighted by Crippen LogP contribution is -1.98. The third-order valence-electron chi connectivity index (χ3n) is 2.21. The summed E-state index contributed by atoms with van der Waals surface area (Å²) in [5, 5.41) is 8.55. The largest absolute Gasteiger partial charge is 0.493 e. The van der Waals surface area contributed by atoms with Crippen molar-refractivity contribution in [2.24, 2.45) is 0 Å². The molecule has 0 radical (unpaired) electrons. The maximum atomic E-state index is 12.8. The van der Waals surface area contributed by atoms with Crippen molar-refractivity contribution < 1.29 is 18.6 Å². The van der Waals surface area contributed by atoms with Gasteiger partial charge in [0.15, 0.2) is 11.6 Å². The third-order valence-corrected chi connectivity index (χ3v) is 2.21. The number of halogens is 2. The van der Waals surface area contributed by atoms with Crippen LogP contribution in [0, 0.1) is 11.6 Å². The van der Waals surface area contributed by atoms with Gasteiger partial charge in [0, 0.05) is 12.7 Å². The molecule has 0 fully saturated rings. The van der Waals surface area contributed by atoms with E-state index in [1.165, 1.54) is 6.07 Å². The Bertz CT molecular complexity index is 316. The van der Waals surface area contributed by atoms with Gasteiger partial charge in [0.05, 0.1) is 6.61 Å². The van der Waals surface area contributed by atoms with E-state index in [1.54, 1.807) is 0 Å². The van der Waals surface area contributed by atoms with Crippen LogP contribution >= 0.6 is 0 Å². The Labute approximate surface area is 93.9 Å². The molecule has 0 amide bonds. The number of rotatable bonds is 7. The minimum atomic E-state index is -0.891. The second-order valence-electron chi connectivity index (χ2n) is 3.56. The molecular formula is C12H16F2O2. The van der Waals surface area contributed by atoms with Crippen molar-refractivity contribution >= 4 is 0 Å².